The lowest BCUT2D eigenvalue weighted by Crippen LogP contribution is -2.52. The van der Waals surface area contributed by atoms with Crippen LogP contribution >= 0.6 is 24.0 Å². The predicted octanol–water partition coefficient (Wildman–Crippen LogP) is 1.63. The lowest BCUT2D eigenvalue weighted by Gasteiger charge is -2.24. The summed E-state index contributed by atoms with van der Waals surface area (Å²) in [5.74, 6) is 0.629. The Balaban J connectivity index is 0.00000220. The molecule has 0 radical (unpaired) electrons. The molecule has 0 bridgehead atoms. The van der Waals surface area contributed by atoms with Crippen LogP contribution in [0, 0.1) is 0 Å². The van der Waals surface area contributed by atoms with E-state index in [4.69, 9.17) is 21.1 Å². The molecule has 2 atom stereocenters. The van der Waals surface area contributed by atoms with Crippen LogP contribution in [0.2, 0.25) is 5.02 Å². The molecule has 7 heteroatoms. The zero-order valence-corrected chi connectivity index (χ0v) is 13.4. The monoisotopic (exact) mass is 334 g/mol. The Morgan fingerprint density at radius 1 is 1.62 bits per heavy atom. The fraction of sp³-hybridized carbons (Fsp3) is 0.500. The van der Waals surface area contributed by atoms with E-state index < -0.39 is 0 Å². The van der Waals surface area contributed by atoms with Crippen LogP contribution < -0.4 is 15.4 Å². The topological polar surface area (TPSA) is 59.6 Å². The fourth-order valence-electron chi connectivity index (χ4n) is 1.92. The Hall–Kier alpha value is -1.01. The number of hydrogen-bond donors (Lipinski definition) is 2. The van der Waals surface area contributed by atoms with Crippen molar-refractivity contribution in [2.45, 2.75) is 19.1 Å². The van der Waals surface area contributed by atoms with Gasteiger partial charge in [0.1, 0.15) is 17.9 Å². The first-order valence-corrected chi connectivity index (χ1v) is 7.04. The number of carbonyl (C=O) groups is 1. The van der Waals surface area contributed by atoms with Crippen molar-refractivity contribution >= 4 is 29.9 Å². The molecule has 1 aliphatic rings. The van der Waals surface area contributed by atoms with Crippen molar-refractivity contribution in [2.75, 3.05) is 26.3 Å². The molecule has 1 amide bonds. The third-order valence-corrected chi connectivity index (χ3v) is 3.17. The van der Waals surface area contributed by atoms with E-state index in [0.29, 0.717) is 37.1 Å². The average molecular weight is 335 g/mol. The molecule has 5 nitrogen and oxygen atoms in total. The molecule has 2 unspecified atom stereocenters. The Kier molecular flexibility index (Phi) is 7.82. The molecule has 1 saturated heterocycles. The summed E-state index contributed by atoms with van der Waals surface area (Å²) in [6, 6.07) is 6.92. The van der Waals surface area contributed by atoms with Crippen molar-refractivity contribution < 1.29 is 14.3 Å². The number of rotatable bonds is 5. The molecule has 21 heavy (non-hydrogen) atoms. The second kappa shape index (κ2) is 9.10. The van der Waals surface area contributed by atoms with E-state index in [9.17, 15) is 4.79 Å². The molecule has 1 fully saturated rings. The first kappa shape index (κ1) is 18.0. The van der Waals surface area contributed by atoms with Gasteiger partial charge in [0.2, 0.25) is 5.91 Å². The van der Waals surface area contributed by atoms with Crippen LogP contribution in [0.3, 0.4) is 0 Å². The van der Waals surface area contributed by atoms with E-state index in [0.717, 1.165) is 0 Å². The maximum Gasteiger partial charge on any atom is 0.239 e. The van der Waals surface area contributed by atoms with E-state index >= 15 is 0 Å². The van der Waals surface area contributed by atoms with Gasteiger partial charge in [0.05, 0.1) is 19.8 Å². The van der Waals surface area contributed by atoms with Crippen LogP contribution in [-0.2, 0) is 9.53 Å². The van der Waals surface area contributed by atoms with Crippen LogP contribution in [0.4, 0.5) is 0 Å². The summed E-state index contributed by atoms with van der Waals surface area (Å²) in [4.78, 5) is 11.9. The number of morpholine rings is 1. The summed E-state index contributed by atoms with van der Waals surface area (Å²) < 4.78 is 10.9. The Labute approximate surface area is 135 Å². The van der Waals surface area contributed by atoms with Gasteiger partial charge < -0.3 is 20.1 Å². The molecule has 1 heterocycles. The standard InChI is InChI=1S/C14H19ClN2O3.ClH/c1-10(20-12-4-2-3-11(15)7-12)8-17-14(18)13-9-19-6-5-16-13;/h2-4,7,10,13,16H,5-6,8-9H2,1H3,(H,17,18);1H. The SMILES string of the molecule is CC(CNC(=O)C1COCCN1)Oc1cccc(Cl)c1.Cl. The van der Waals surface area contributed by atoms with Gasteiger partial charge in [-0.25, -0.2) is 0 Å². The predicted molar refractivity (Wildman–Crippen MR) is 84.4 cm³/mol. The quantitative estimate of drug-likeness (QED) is 0.859. The van der Waals surface area contributed by atoms with Crippen LogP contribution in [-0.4, -0.2) is 44.4 Å². The highest BCUT2D eigenvalue weighted by molar-refractivity contribution is 6.30. The van der Waals surface area contributed by atoms with Gasteiger partial charge in [0, 0.05) is 11.6 Å². The third-order valence-electron chi connectivity index (χ3n) is 2.94. The highest BCUT2D eigenvalue weighted by atomic mass is 35.5. The Morgan fingerprint density at radius 3 is 3.10 bits per heavy atom. The summed E-state index contributed by atoms with van der Waals surface area (Å²) in [5.41, 5.74) is 0. The van der Waals surface area contributed by atoms with Crippen LogP contribution in [0.25, 0.3) is 0 Å². The van der Waals surface area contributed by atoms with Crippen LogP contribution in [0.15, 0.2) is 24.3 Å². The van der Waals surface area contributed by atoms with Gasteiger partial charge in [0.25, 0.3) is 0 Å². The van der Waals surface area contributed by atoms with Crippen LogP contribution in [0.1, 0.15) is 6.92 Å². The van der Waals surface area contributed by atoms with Crippen molar-refractivity contribution in [3.05, 3.63) is 29.3 Å². The van der Waals surface area contributed by atoms with Gasteiger partial charge in [-0.1, -0.05) is 17.7 Å². The van der Waals surface area contributed by atoms with Crippen molar-refractivity contribution in [2.24, 2.45) is 0 Å². The van der Waals surface area contributed by atoms with E-state index in [-0.39, 0.29) is 30.5 Å². The second-order valence-electron chi connectivity index (χ2n) is 4.71. The van der Waals surface area contributed by atoms with E-state index in [2.05, 4.69) is 10.6 Å². The highest BCUT2D eigenvalue weighted by Crippen LogP contribution is 2.18. The molecular weight excluding hydrogens is 315 g/mol. The fourth-order valence-corrected chi connectivity index (χ4v) is 2.10. The number of hydrogen-bond acceptors (Lipinski definition) is 4. The zero-order chi connectivity index (χ0) is 14.4. The highest BCUT2D eigenvalue weighted by Gasteiger charge is 2.21. The van der Waals surface area contributed by atoms with Gasteiger partial charge in [-0.2, -0.15) is 0 Å². The maximum atomic E-state index is 11.9. The molecule has 1 aromatic carbocycles. The van der Waals surface area contributed by atoms with E-state index in [1.54, 1.807) is 12.1 Å². The van der Waals surface area contributed by atoms with Crippen molar-refractivity contribution in [1.82, 2.24) is 10.6 Å². The lowest BCUT2D eigenvalue weighted by atomic mass is 10.2. The van der Waals surface area contributed by atoms with Gasteiger partial charge in [-0.15, -0.1) is 12.4 Å². The van der Waals surface area contributed by atoms with Crippen LogP contribution in [0.5, 0.6) is 5.75 Å². The molecule has 118 valence electrons. The number of ether oxygens (including phenoxy) is 2. The van der Waals surface area contributed by atoms with E-state index in [1.165, 1.54) is 0 Å². The molecule has 1 aromatic rings. The number of amides is 1. The first-order chi connectivity index (χ1) is 9.65. The minimum atomic E-state index is -0.276. The zero-order valence-electron chi connectivity index (χ0n) is 11.8. The summed E-state index contributed by atoms with van der Waals surface area (Å²) in [6.45, 7) is 4.09. The summed E-state index contributed by atoms with van der Waals surface area (Å²) in [5, 5.41) is 6.58. The Bertz CT molecular complexity index is 454. The number of nitrogens with one attached hydrogen (secondary N) is 2. The van der Waals surface area contributed by atoms with Crippen molar-refractivity contribution in [1.29, 1.82) is 0 Å². The minimum absolute atomic E-state index is 0. The molecule has 2 N–H and O–H groups in total. The summed E-state index contributed by atoms with van der Waals surface area (Å²) >= 11 is 5.89. The van der Waals surface area contributed by atoms with Gasteiger partial charge in [0.15, 0.2) is 0 Å². The smallest absolute Gasteiger partial charge is 0.239 e. The minimum Gasteiger partial charge on any atom is -0.489 e. The normalized spacial score (nSPS) is 19.2. The summed E-state index contributed by atoms with van der Waals surface area (Å²) in [6.07, 6.45) is -0.137. The molecule has 0 spiro atoms. The van der Waals surface area contributed by atoms with Gasteiger partial charge >= 0.3 is 0 Å². The molecule has 2 rings (SSSR count). The molecule has 0 saturated carbocycles. The number of benzene rings is 1. The summed E-state index contributed by atoms with van der Waals surface area (Å²) in [7, 11) is 0. The average Bonchev–Trinajstić information content (AvgIpc) is 2.46. The molecular formula is C14H20Cl2N2O3. The third kappa shape index (κ3) is 6.09. The van der Waals surface area contributed by atoms with Crippen molar-refractivity contribution in [3.8, 4) is 5.75 Å². The molecule has 0 aliphatic carbocycles. The number of carbonyl (C=O) groups excluding carboxylic acids is 1. The second-order valence-corrected chi connectivity index (χ2v) is 5.15. The number of halogens is 2. The largest absolute Gasteiger partial charge is 0.489 e. The van der Waals surface area contributed by atoms with Gasteiger partial charge in [-0.3, -0.25) is 4.79 Å². The Morgan fingerprint density at radius 2 is 2.43 bits per heavy atom. The van der Waals surface area contributed by atoms with Gasteiger partial charge in [-0.05, 0) is 25.1 Å². The first-order valence-electron chi connectivity index (χ1n) is 6.66. The molecule has 0 aromatic heterocycles. The van der Waals surface area contributed by atoms with E-state index in [1.807, 2.05) is 19.1 Å². The van der Waals surface area contributed by atoms with Crippen molar-refractivity contribution in [3.63, 3.8) is 0 Å². The molecule has 1 aliphatic heterocycles. The maximum absolute atomic E-state index is 11.9. The lowest BCUT2D eigenvalue weighted by molar-refractivity contribution is -0.126.